The molecule has 0 heterocycles. The van der Waals surface area contributed by atoms with Gasteiger partial charge in [-0.1, -0.05) is 12.1 Å². The van der Waals surface area contributed by atoms with Crippen LogP contribution in [0.1, 0.15) is 12.5 Å². The number of benzene rings is 1. The quantitative estimate of drug-likeness (QED) is 0.637. The molecule has 0 aliphatic rings. The molecule has 1 amide bonds. The molecular weight excluding hydrogens is 327 g/mol. The minimum atomic E-state index is -5.26. The van der Waals surface area contributed by atoms with Crippen molar-refractivity contribution in [1.29, 1.82) is 0 Å². The Balaban J connectivity index is 3.17. The van der Waals surface area contributed by atoms with Crippen LogP contribution in [0.25, 0.3) is 0 Å². The number of halogens is 4. The first-order valence-corrected chi connectivity index (χ1v) is 6.63. The van der Waals surface area contributed by atoms with Crippen molar-refractivity contribution in [3.05, 3.63) is 29.8 Å². The van der Waals surface area contributed by atoms with E-state index in [1.165, 1.54) is 6.92 Å². The lowest BCUT2D eigenvalue weighted by molar-refractivity contribution is -0.267. The van der Waals surface area contributed by atoms with Crippen LogP contribution in [0.3, 0.4) is 0 Å². The number of carbonyl (C=O) groups excluding carboxylic acids is 2. The van der Waals surface area contributed by atoms with Crippen LogP contribution in [0.4, 0.5) is 18.9 Å². The molecule has 0 aliphatic carbocycles. The molecule has 0 spiro atoms. The summed E-state index contributed by atoms with van der Waals surface area (Å²) in [6, 6.07) is 3.95. The van der Waals surface area contributed by atoms with Gasteiger partial charge in [0.25, 0.3) is 5.60 Å². The van der Waals surface area contributed by atoms with E-state index in [-0.39, 0.29) is 18.2 Å². The van der Waals surface area contributed by atoms with Gasteiger partial charge >= 0.3 is 12.1 Å². The van der Waals surface area contributed by atoms with Crippen LogP contribution in [0, 0.1) is 0 Å². The summed E-state index contributed by atoms with van der Waals surface area (Å²) in [5.41, 5.74) is -4.33. The second-order valence-corrected chi connectivity index (χ2v) is 4.46. The number of nitrogens with one attached hydrogen (secondary N) is 1. The summed E-state index contributed by atoms with van der Waals surface area (Å²) in [5.74, 6) is -2.69. The Kier molecular flexibility index (Phi) is 5.78. The van der Waals surface area contributed by atoms with Crippen LogP contribution in [-0.4, -0.2) is 35.6 Å². The molecule has 22 heavy (non-hydrogen) atoms. The molecular formula is C13H13ClF3NO4. The molecule has 0 saturated carbocycles. The summed E-state index contributed by atoms with van der Waals surface area (Å²) < 4.78 is 43.6. The summed E-state index contributed by atoms with van der Waals surface area (Å²) in [5, 5.41) is 12.1. The van der Waals surface area contributed by atoms with Gasteiger partial charge in [0.2, 0.25) is 5.91 Å². The van der Waals surface area contributed by atoms with Gasteiger partial charge in [0.15, 0.2) is 0 Å². The van der Waals surface area contributed by atoms with E-state index in [2.05, 4.69) is 10.1 Å². The molecule has 0 aliphatic heterocycles. The van der Waals surface area contributed by atoms with Gasteiger partial charge in [-0.2, -0.15) is 13.2 Å². The summed E-state index contributed by atoms with van der Waals surface area (Å²) in [4.78, 5) is 22.6. The molecule has 1 rings (SSSR count). The van der Waals surface area contributed by atoms with E-state index < -0.39 is 29.2 Å². The number of esters is 1. The Morgan fingerprint density at radius 1 is 1.27 bits per heavy atom. The van der Waals surface area contributed by atoms with E-state index in [1.807, 2.05) is 0 Å². The molecule has 0 fully saturated rings. The van der Waals surface area contributed by atoms with Crippen LogP contribution >= 0.6 is 11.6 Å². The maximum Gasteiger partial charge on any atom is 0.432 e. The highest BCUT2D eigenvalue weighted by atomic mass is 35.5. The van der Waals surface area contributed by atoms with Crippen molar-refractivity contribution in [1.82, 2.24) is 0 Å². The van der Waals surface area contributed by atoms with Crippen molar-refractivity contribution in [2.75, 3.05) is 17.8 Å². The van der Waals surface area contributed by atoms with Crippen molar-refractivity contribution in [2.24, 2.45) is 0 Å². The SMILES string of the molecule is CCOC(=O)C(O)(c1ccc(NC(=O)CCl)cc1)C(F)(F)F. The topological polar surface area (TPSA) is 75.6 Å². The van der Waals surface area contributed by atoms with Gasteiger partial charge in [0.1, 0.15) is 5.88 Å². The number of carbonyl (C=O) groups is 2. The average Bonchev–Trinajstić information content (AvgIpc) is 2.46. The predicted octanol–water partition coefficient (Wildman–Crippen LogP) is 2.18. The lowest BCUT2D eigenvalue weighted by Gasteiger charge is -2.28. The van der Waals surface area contributed by atoms with E-state index >= 15 is 0 Å². The van der Waals surface area contributed by atoms with Crippen molar-refractivity contribution in [3.63, 3.8) is 0 Å². The van der Waals surface area contributed by atoms with Crippen LogP contribution in [0.5, 0.6) is 0 Å². The second-order valence-electron chi connectivity index (χ2n) is 4.19. The molecule has 0 bridgehead atoms. The maximum atomic E-state index is 13.1. The third-order valence-corrected chi connectivity index (χ3v) is 2.93. The molecule has 1 aromatic carbocycles. The Labute approximate surface area is 129 Å². The molecule has 0 aromatic heterocycles. The van der Waals surface area contributed by atoms with Gasteiger partial charge < -0.3 is 15.2 Å². The fourth-order valence-electron chi connectivity index (χ4n) is 1.62. The molecule has 2 N–H and O–H groups in total. The molecule has 1 unspecified atom stereocenters. The van der Waals surface area contributed by atoms with Crippen molar-refractivity contribution < 1.29 is 32.6 Å². The lowest BCUT2D eigenvalue weighted by Crippen LogP contribution is -2.50. The molecule has 1 aromatic rings. The van der Waals surface area contributed by atoms with E-state index in [9.17, 15) is 27.9 Å². The normalized spacial score (nSPS) is 14.1. The predicted molar refractivity (Wildman–Crippen MR) is 72.4 cm³/mol. The number of anilines is 1. The first-order chi connectivity index (χ1) is 10.2. The van der Waals surface area contributed by atoms with Gasteiger partial charge in [0, 0.05) is 11.3 Å². The first-order valence-electron chi connectivity index (χ1n) is 6.09. The summed E-state index contributed by atoms with van der Waals surface area (Å²) >= 11 is 5.28. The Morgan fingerprint density at radius 3 is 2.23 bits per heavy atom. The summed E-state index contributed by atoms with van der Waals surface area (Å²) in [7, 11) is 0. The Morgan fingerprint density at radius 2 is 1.82 bits per heavy atom. The zero-order valence-electron chi connectivity index (χ0n) is 11.4. The minimum absolute atomic E-state index is 0.169. The standard InChI is InChI=1S/C13H13ClF3NO4/c1-2-22-11(20)12(21,13(15,16)17)8-3-5-9(6-4-8)18-10(19)7-14/h3-6,21H,2,7H2,1H3,(H,18,19). The van der Waals surface area contributed by atoms with Crippen molar-refractivity contribution >= 4 is 29.2 Å². The highest BCUT2D eigenvalue weighted by Gasteiger charge is 2.62. The number of aliphatic hydroxyl groups is 1. The highest BCUT2D eigenvalue weighted by molar-refractivity contribution is 6.29. The number of hydrogen-bond acceptors (Lipinski definition) is 4. The third-order valence-electron chi connectivity index (χ3n) is 2.69. The third kappa shape index (κ3) is 3.69. The molecule has 1 atom stereocenters. The Hall–Kier alpha value is -1.80. The number of rotatable bonds is 5. The van der Waals surface area contributed by atoms with Crippen LogP contribution in [0.2, 0.25) is 0 Å². The number of ether oxygens (including phenoxy) is 1. The number of hydrogen-bond donors (Lipinski definition) is 2. The van der Waals surface area contributed by atoms with Crippen molar-refractivity contribution in [2.45, 2.75) is 18.7 Å². The van der Waals surface area contributed by atoms with Crippen LogP contribution in [-0.2, 0) is 19.9 Å². The summed E-state index contributed by atoms with van der Waals surface area (Å²) in [6.07, 6.45) is -5.26. The second kappa shape index (κ2) is 6.97. The van der Waals surface area contributed by atoms with Gasteiger partial charge in [0.05, 0.1) is 6.61 Å². The van der Waals surface area contributed by atoms with Crippen LogP contribution < -0.4 is 5.32 Å². The van der Waals surface area contributed by atoms with E-state index in [4.69, 9.17) is 11.6 Å². The van der Waals surface area contributed by atoms with Gasteiger partial charge in [-0.3, -0.25) is 4.79 Å². The first kappa shape index (κ1) is 18.2. The lowest BCUT2D eigenvalue weighted by atomic mass is 9.93. The van der Waals surface area contributed by atoms with Crippen LogP contribution in [0.15, 0.2) is 24.3 Å². The smallest absolute Gasteiger partial charge is 0.432 e. The Bertz CT molecular complexity index is 547. The van der Waals surface area contributed by atoms with E-state index in [0.717, 1.165) is 24.3 Å². The number of alkyl halides is 4. The fourth-order valence-corrected chi connectivity index (χ4v) is 1.69. The highest BCUT2D eigenvalue weighted by Crippen LogP contribution is 2.40. The zero-order chi connectivity index (χ0) is 17.0. The summed E-state index contributed by atoms with van der Waals surface area (Å²) in [6.45, 7) is 1.00. The van der Waals surface area contributed by atoms with Gasteiger partial charge in [-0.05, 0) is 19.1 Å². The van der Waals surface area contributed by atoms with Crippen molar-refractivity contribution in [3.8, 4) is 0 Å². The molecule has 5 nitrogen and oxygen atoms in total. The van der Waals surface area contributed by atoms with Gasteiger partial charge in [-0.15, -0.1) is 11.6 Å². The molecule has 0 saturated heterocycles. The monoisotopic (exact) mass is 339 g/mol. The number of amides is 1. The molecule has 0 radical (unpaired) electrons. The average molecular weight is 340 g/mol. The van der Waals surface area contributed by atoms with Gasteiger partial charge in [-0.25, -0.2) is 4.79 Å². The molecule has 122 valence electrons. The minimum Gasteiger partial charge on any atom is -0.463 e. The zero-order valence-corrected chi connectivity index (χ0v) is 12.2. The van der Waals surface area contributed by atoms with E-state index in [1.54, 1.807) is 0 Å². The maximum absolute atomic E-state index is 13.1. The fraction of sp³-hybridized carbons (Fsp3) is 0.385. The molecule has 9 heteroatoms. The van der Waals surface area contributed by atoms with E-state index in [0.29, 0.717) is 0 Å². The largest absolute Gasteiger partial charge is 0.463 e.